The van der Waals surface area contributed by atoms with Gasteiger partial charge in [0.25, 0.3) is 0 Å². The van der Waals surface area contributed by atoms with Gasteiger partial charge >= 0.3 is 0 Å². The number of aromatic nitrogens is 3. The molecule has 4 heteroatoms. The molecule has 0 aliphatic carbocycles. The van der Waals surface area contributed by atoms with E-state index < -0.39 is 0 Å². The van der Waals surface area contributed by atoms with Gasteiger partial charge < -0.3 is 0 Å². The van der Waals surface area contributed by atoms with Crippen LogP contribution in [-0.2, 0) is 13.0 Å². The van der Waals surface area contributed by atoms with Gasteiger partial charge in [0, 0.05) is 37.1 Å². The Kier molecular flexibility index (Phi) is 3.32. The highest BCUT2D eigenvalue weighted by Crippen LogP contribution is 2.10. The molecule has 0 aromatic carbocycles. The molecule has 0 bridgehead atoms. The van der Waals surface area contributed by atoms with Crippen molar-refractivity contribution in [2.75, 3.05) is 0 Å². The van der Waals surface area contributed by atoms with Gasteiger partial charge in [-0.1, -0.05) is 0 Å². The highest BCUT2D eigenvalue weighted by Gasteiger charge is 2.10. The summed E-state index contributed by atoms with van der Waals surface area (Å²) in [7, 11) is 0. The standard InChI is InChI=1S/C13H15N3O/c1-3-16-9-11(7-15-16)6-13(17)12-8-14-5-4-10(12)2/h4-5,7-9H,3,6H2,1-2H3. The van der Waals surface area contributed by atoms with Gasteiger partial charge in [0.05, 0.1) is 6.20 Å². The first-order chi connectivity index (χ1) is 8.20. The van der Waals surface area contributed by atoms with Gasteiger partial charge in [0.1, 0.15) is 0 Å². The Morgan fingerprint density at radius 1 is 1.41 bits per heavy atom. The first-order valence-corrected chi connectivity index (χ1v) is 5.66. The zero-order chi connectivity index (χ0) is 12.3. The molecule has 0 aliphatic heterocycles. The summed E-state index contributed by atoms with van der Waals surface area (Å²) in [5, 5.41) is 4.15. The summed E-state index contributed by atoms with van der Waals surface area (Å²) in [5.41, 5.74) is 2.60. The molecule has 2 heterocycles. The molecule has 0 unspecified atom stereocenters. The predicted octanol–water partition coefficient (Wildman–Crippen LogP) is 2.03. The van der Waals surface area contributed by atoms with Gasteiger partial charge in [-0.3, -0.25) is 14.5 Å². The van der Waals surface area contributed by atoms with E-state index in [1.54, 1.807) is 18.6 Å². The highest BCUT2D eigenvalue weighted by molar-refractivity contribution is 5.98. The topological polar surface area (TPSA) is 47.8 Å². The van der Waals surface area contributed by atoms with Crippen molar-refractivity contribution in [1.82, 2.24) is 14.8 Å². The lowest BCUT2D eigenvalue weighted by molar-refractivity contribution is 0.0992. The summed E-state index contributed by atoms with van der Waals surface area (Å²) in [6.07, 6.45) is 7.35. The fraction of sp³-hybridized carbons (Fsp3) is 0.308. The van der Waals surface area contributed by atoms with E-state index in [9.17, 15) is 4.79 Å². The summed E-state index contributed by atoms with van der Waals surface area (Å²) >= 11 is 0. The molecule has 0 atom stereocenters. The Hall–Kier alpha value is -1.97. The van der Waals surface area contributed by atoms with E-state index in [1.165, 1.54) is 0 Å². The number of aryl methyl sites for hydroxylation is 2. The van der Waals surface area contributed by atoms with E-state index in [0.717, 1.165) is 17.7 Å². The van der Waals surface area contributed by atoms with Gasteiger partial charge in [-0.2, -0.15) is 5.10 Å². The van der Waals surface area contributed by atoms with Crippen LogP contribution in [0.4, 0.5) is 0 Å². The number of carbonyl (C=O) groups is 1. The molecule has 17 heavy (non-hydrogen) atoms. The Bertz CT molecular complexity index is 531. The van der Waals surface area contributed by atoms with Gasteiger partial charge in [-0.25, -0.2) is 0 Å². The first-order valence-electron chi connectivity index (χ1n) is 5.66. The second kappa shape index (κ2) is 4.91. The number of nitrogens with zero attached hydrogens (tertiary/aromatic N) is 3. The van der Waals surface area contributed by atoms with Gasteiger partial charge in [0.15, 0.2) is 5.78 Å². The minimum Gasteiger partial charge on any atom is -0.294 e. The second-order valence-corrected chi connectivity index (χ2v) is 3.99. The molecule has 0 amide bonds. The molecular weight excluding hydrogens is 214 g/mol. The minimum atomic E-state index is 0.0891. The molecular formula is C13H15N3O. The van der Waals surface area contributed by atoms with E-state index >= 15 is 0 Å². The van der Waals surface area contributed by atoms with Crippen LogP contribution in [0.5, 0.6) is 0 Å². The average molecular weight is 229 g/mol. The van der Waals surface area contributed by atoms with Crippen LogP contribution in [0.1, 0.15) is 28.4 Å². The number of pyridine rings is 1. The van der Waals surface area contributed by atoms with E-state index in [2.05, 4.69) is 10.1 Å². The number of hydrogen-bond donors (Lipinski definition) is 0. The van der Waals surface area contributed by atoms with Crippen molar-refractivity contribution in [2.24, 2.45) is 0 Å². The SMILES string of the molecule is CCn1cc(CC(=O)c2cnccc2C)cn1. The van der Waals surface area contributed by atoms with Gasteiger partial charge in [0.2, 0.25) is 0 Å². The van der Waals surface area contributed by atoms with Crippen LogP contribution < -0.4 is 0 Å². The summed E-state index contributed by atoms with van der Waals surface area (Å²) in [4.78, 5) is 16.0. The third-order valence-corrected chi connectivity index (χ3v) is 2.71. The maximum absolute atomic E-state index is 12.1. The molecule has 0 aliphatic rings. The second-order valence-electron chi connectivity index (χ2n) is 3.99. The van der Waals surface area contributed by atoms with Crippen LogP contribution in [0.15, 0.2) is 30.9 Å². The lowest BCUT2D eigenvalue weighted by Gasteiger charge is -2.02. The van der Waals surface area contributed by atoms with Crippen molar-refractivity contribution in [1.29, 1.82) is 0 Å². The molecule has 0 saturated carbocycles. The Labute approximate surface area is 100 Å². The van der Waals surface area contributed by atoms with Crippen molar-refractivity contribution < 1.29 is 4.79 Å². The molecule has 0 spiro atoms. The van der Waals surface area contributed by atoms with Crippen LogP contribution in [0.2, 0.25) is 0 Å². The average Bonchev–Trinajstić information content (AvgIpc) is 2.77. The lowest BCUT2D eigenvalue weighted by atomic mass is 10.0. The van der Waals surface area contributed by atoms with Crippen molar-refractivity contribution in [3.8, 4) is 0 Å². The molecule has 4 nitrogen and oxygen atoms in total. The van der Waals surface area contributed by atoms with Crippen LogP contribution in [0.25, 0.3) is 0 Å². The molecule has 0 saturated heterocycles. The molecule has 2 aromatic rings. The third-order valence-electron chi connectivity index (χ3n) is 2.71. The van der Waals surface area contributed by atoms with E-state index in [4.69, 9.17) is 0 Å². The number of hydrogen-bond acceptors (Lipinski definition) is 3. The smallest absolute Gasteiger partial charge is 0.169 e. The molecule has 2 rings (SSSR count). The van der Waals surface area contributed by atoms with Crippen molar-refractivity contribution >= 4 is 5.78 Å². The number of rotatable bonds is 4. The summed E-state index contributed by atoms with van der Waals surface area (Å²) in [6.45, 7) is 4.76. The van der Waals surface area contributed by atoms with E-state index in [-0.39, 0.29) is 5.78 Å². The molecule has 0 fully saturated rings. The minimum absolute atomic E-state index is 0.0891. The molecule has 0 radical (unpaired) electrons. The third kappa shape index (κ3) is 2.58. The fourth-order valence-electron chi connectivity index (χ4n) is 1.71. The highest BCUT2D eigenvalue weighted by atomic mass is 16.1. The van der Waals surface area contributed by atoms with Gasteiger partial charge in [-0.05, 0) is 31.0 Å². The van der Waals surface area contributed by atoms with Crippen LogP contribution in [0, 0.1) is 6.92 Å². The van der Waals surface area contributed by atoms with Crippen molar-refractivity contribution in [3.05, 3.63) is 47.5 Å². The maximum atomic E-state index is 12.1. The zero-order valence-electron chi connectivity index (χ0n) is 10.1. The van der Waals surface area contributed by atoms with Crippen LogP contribution >= 0.6 is 0 Å². The number of Topliss-reactive ketones (excluding diaryl/α,β-unsaturated/α-hetero) is 1. The number of ketones is 1. The van der Waals surface area contributed by atoms with Crippen LogP contribution in [0.3, 0.4) is 0 Å². The largest absolute Gasteiger partial charge is 0.294 e. The van der Waals surface area contributed by atoms with E-state index in [0.29, 0.717) is 12.0 Å². The Morgan fingerprint density at radius 3 is 2.88 bits per heavy atom. The summed E-state index contributed by atoms with van der Waals surface area (Å²) in [5.74, 6) is 0.0891. The first kappa shape index (κ1) is 11.5. The zero-order valence-corrected chi connectivity index (χ0v) is 10.1. The number of carbonyl (C=O) groups excluding carboxylic acids is 1. The molecule has 2 aromatic heterocycles. The van der Waals surface area contributed by atoms with Gasteiger partial charge in [-0.15, -0.1) is 0 Å². The Morgan fingerprint density at radius 2 is 2.24 bits per heavy atom. The quantitative estimate of drug-likeness (QED) is 0.754. The van der Waals surface area contributed by atoms with Crippen molar-refractivity contribution in [3.63, 3.8) is 0 Å². The Balaban J connectivity index is 2.14. The molecule has 88 valence electrons. The van der Waals surface area contributed by atoms with Crippen molar-refractivity contribution in [2.45, 2.75) is 26.8 Å². The van der Waals surface area contributed by atoms with E-state index in [1.807, 2.05) is 30.8 Å². The predicted molar refractivity (Wildman–Crippen MR) is 64.9 cm³/mol. The summed E-state index contributed by atoms with van der Waals surface area (Å²) < 4.78 is 1.82. The van der Waals surface area contributed by atoms with Crippen LogP contribution in [-0.4, -0.2) is 20.5 Å². The molecule has 0 N–H and O–H groups in total. The normalized spacial score (nSPS) is 10.5. The fourth-order valence-corrected chi connectivity index (χ4v) is 1.71. The lowest BCUT2D eigenvalue weighted by Crippen LogP contribution is -2.05. The monoisotopic (exact) mass is 229 g/mol. The maximum Gasteiger partial charge on any atom is 0.169 e. The summed E-state index contributed by atoms with van der Waals surface area (Å²) in [6, 6.07) is 1.85.